The van der Waals surface area contributed by atoms with E-state index in [0.717, 1.165) is 27.9 Å². The molecule has 1 heterocycles. The maximum Gasteiger partial charge on any atom is 0.200 e. The SMILES string of the molecule is CC(=O)c1c(C)n(Cc2ccc(C)cc2)c2cc(C)c(C)cc2c1=O. The van der Waals surface area contributed by atoms with Crippen LogP contribution in [0.2, 0.25) is 0 Å². The van der Waals surface area contributed by atoms with Gasteiger partial charge in [0.2, 0.25) is 0 Å². The number of rotatable bonds is 3. The minimum Gasteiger partial charge on any atom is -0.339 e. The highest BCUT2D eigenvalue weighted by atomic mass is 16.1. The fraction of sp³-hybridized carbons (Fsp3) is 0.273. The first-order valence-corrected chi connectivity index (χ1v) is 8.50. The summed E-state index contributed by atoms with van der Waals surface area (Å²) in [6.07, 6.45) is 0. The molecule has 3 heteroatoms. The minimum absolute atomic E-state index is 0.164. The average molecular weight is 333 g/mol. The number of carbonyl (C=O) groups is 1. The lowest BCUT2D eigenvalue weighted by Crippen LogP contribution is -2.22. The number of hydrogen-bond acceptors (Lipinski definition) is 2. The Labute approximate surface area is 147 Å². The Balaban J connectivity index is 2.35. The summed E-state index contributed by atoms with van der Waals surface area (Å²) in [5, 5.41) is 0.617. The van der Waals surface area contributed by atoms with Crippen molar-refractivity contribution in [2.45, 2.75) is 41.2 Å². The molecule has 128 valence electrons. The molecule has 0 atom stereocenters. The number of aryl methyl sites for hydroxylation is 3. The van der Waals surface area contributed by atoms with Gasteiger partial charge in [0, 0.05) is 17.6 Å². The first-order chi connectivity index (χ1) is 11.8. The summed E-state index contributed by atoms with van der Waals surface area (Å²) in [7, 11) is 0. The summed E-state index contributed by atoms with van der Waals surface area (Å²) in [4.78, 5) is 25.0. The van der Waals surface area contributed by atoms with Crippen LogP contribution in [-0.4, -0.2) is 10.4 Å². The second kappa shape index (κ2) is 6.32. The molecule has 3 rings (SSSR count). The maximum absolute atomic E-state index is 12.9. The fourth-order valence-corrected chi connectivity index (χ4v) is 3.32. The number of fused-ring (bicyclic) bond motifs is 1. The highest BCUT2D eigenvalue weighted by Gasteiger charge is 2.18. The summed E-state index contributed by atoms with van der Waals surface area (Å²) in [6.45, 7) is 10.1. The molecular weight excluding hydrogens is 310 g/mol. The van der Waals surface area contributed by atoms with Crippen LogP contribution in [0, 0.1) is 27.7 Å². The van der Waals surface area contributed by atoms with Crippen molar-refractivity contribution < 1.29 is 4.79 Å². The predicted molar refractivity (Wildman–Crippen MR) is 103 cm³/mol. The Morgan fingerprint density at radius 2 is 1.56 bits per heavy atom. The number of carbonyl (C=O) groups excluding carboxylic acids is 1. The van der Waals surface area contributed by atoms with Crippen LogP contribution in [0.1, 0.15) is 45.2 Å². The number of ketones is 1. The molecule has 0 radical (unpaired) electrons. The minimum atomic E-state index is -0.180. The van der Waals surface area contributed by atoms with E-state index < -0.39 is 0 Å². The molecule has 0 spiro atoms. The lowest BCUT2D eigenvalue weighted by molar-refractivity contribution is 0.101. The fourth-order valence-electron chi connectivity index (χ4n) is 3.32. The van der Waals surface area contributed by atoms with E-state index in [4.69, 9.17) is 0 Å². The molecule has 3 aromatic rings. The standard InChI is InChI=1S/C22H23NO2/c1-13-6-8-18(9-7-13)12-23-16(4)21(17(5)24)22(25)19-10-14(2)15(3)11-20(19)23/h6-11H,12H2,1-5H3. The molecule has 1 aromatic heterocycles. The van der Waals surface area contributed by atoms with Crippen molar-refractivity contribution in [2.75, 3.05) is 0 Å². The van der Waals surface area contributed by atoms with Crippen molar-refractivity contribution in [3.8, 4) is 0 Å². The van der Waals surface area contributed by atoms with Gasteiger partial charge < -0.3 is 4.57 Å². The van der Waals surface area contributed by atoms with E-state index in [1.54, 1.807) is 0 Å². The zero-order valence-electron chi connectivity index (χ0n) is 15.4. The van der Waals surface area contributed by atoms with Crippen LogP contribution in [0.3, 0.4) is 0 Å². The average Bonchev–Trinajstić information content (AvgIpc) is 2.55. The van der Waals surface area contributed by atoms with E-state index in [1.807, 2.05) is 26.8 Å². The Morgan fingerprint density at radius 1 is 0.960 bits per heavy atom. The topological polar surface area (TPSA) is 39.1 Å². The number of hydrogen-bond donors (Lipinski definition) is 0. The molecule has 0 unspecified atom stereocenters. The van der Waals surface area contributed by atoms with Crippen molar-refractivity contribution in [3.05, 3.63) is 80.1 Å². The molecule has 0 aliphatic carbocycles. The van der Waals surface area contributed by atoms with Gasteiger partial charge in [0.15, 0.2) is 11.2 Å². The van der Waals surface area contributed by atoms with Crippen LogP contribution in [0.15, 0.2) is 41.2 Å². The van der Waals surface area contributed by atoms with E-state index in [9.17, 15) is 9.59 Å². The van der Waals surface area contributed by atoms with Crippen molar-refractivity contribution in [3.63, 3.8) is 0 Å². The monoisotopic (exact) mass is 333 g/mol. The third-order valence-corrected chi connectivity index (χ3v) is 4.95. The van der Waals surface area contributed by atoms with Gasteiger partial charge in [-0.1, -0.05) is 29.8 Å². The molecule has 0 aliphatic rings. The van der Waals surface area contributed by atoms with Gasteiger partial charge in [-0.05, 0) is 63.4 Å². The van der Waals surface area contributed by atoms with Gasteiger partial charge in [0.25, 0.3) is 0 Å². The molecule has 0 aliphatic heterocycles. The molecule has 25 heavy (non-hydrogen) atoms. The summed E-state index contributed by atoms with van der Waals surface area (Å²) in [5.74, 6) is -0.180. The summed E-state index contributed by atoms with van der Waals surface area (Å²) in [5.41, 5.74) is 6.30. The molecule has 3 nitrogen and oxygen atoms in total. The summed E-state index contributed by atoms with van der Waals surface area (Å²) >= 11 is 0. The first kappa shape index (κ1) is 17.2. The second-order valence-electron chi connectivity index (χ2n) is 6.87. The number of aromatic nitrogens is 1. The van der Waals surface area contributed by atoms with E-state index >= 15 is 0 Å². The van der Waals surface area contributed by atoms with E-state index in [-0.39, 0.29) is 11.2 Å². The third-order valence-electron chi connectivity index (χ3n) is 4.95. The molecular formula is C22H23NO2. The zero-order chi connectivity index (χ0) is 18.3. The van der Waals surface area contributed by atoms with Crippen LogP contribution in [0.5, 0.6) is 0 Å². The Kier molecular flexibility index (Phi) is 4.34. The van der Waals surface area contributed by atoms with Crippen molar-refractivity contribution >= 4 is 16.7 Å². The Hall–Kier alpha value is -2.68. The molecule has 0 bridgehead atoms. The third kappa shape index (κ3) is 3.02. The normalized spacial score (nSPS) is 11.1. The predicted octanol–water partition coefficient (Wildman–Crippen LogP) is 4.49. The van der Waals surface area contributed by atoms with E-state index in [2.05, 4.69) is 41.8 Å². The van der Waals surface area contributed by atoms with Gasteiger partial charge in [-0.2, -0.15) is 0 Å². The van der Waals surface area contributed by atoms with Crippen LogP contribution in [-0.2, 0) is 6.54 Å². The number of benzene rings is 2. The first-order valence-electron chi connectivity index (χ1n) is 8.50. The van der Waals surface area contributed by atoms with E-state index in [1.165, 1.54) is 12.5 Å². The van der Waals surface area contributed by atoms with Crippen LogP contribution >= 0.6 is 0 Å². The van der Waals surface area contributed by atoms with Gasteiger partial charge in [-0.15, -0.1) is 0 Å². The van der Waals surface area contributed by atoms with Gasteiger partial charge in [-0.25, -0.2) is 0 Å². The van der Waals surface area contributed by atoms with Crippen LogP contribution in [0.25, 0.3) is 10.9 Å². The van der Waals surface area contributed by atoms with Gasteiger partial charge >= 0.3 is 0 Å². The van der Waals surface area contributed by atoms with Crippen molar-refractivity contribution in [1.29, 1.82) is 0 Å². The van der Waals surface area contributed by atoms with Gasteiger partial charge in [0.1, 0.15) is 0 Å². The zero-order valence-corrected chi connectivity index (χ0v) is 15.4. The molecule has 0 amide bonds. The van der Waals surface area contributed by atoms with Crippen molar-refractivity contribution in [2.24, 2.45) is 0 Å². The molecule has 0 N–H and O–H groups in total. The molecule has 0 saturated carbocycles. The molecule has 2 aromatic carbocycles. The quantitative estimate of drug-likeness (QED) is 0.663. The molecule has 0 fully saturated rings. The van der Waals surface area contributed by atoms with E-state index in [0.29, 0.717) is 17.5 Å². The van der Waals surface area contributed by atoms with Gasteiger partial charge in [0.05, 0.1) is 11.1 Å². The Morgan fingerprint density at radius 3 is 2.16 bits per heavy atom. The smallest absolute Gasteiger partial charge is 0.200 e. The second-order valence-corrected chi connectivity index (χ2v) is 6.87. The lowest BCUT2D eigenvalue weighted by Gasteiger charge is -2.19. The number of pyridine rings is 1. The summed E-state index contributed by atoms with van der Waals surface area (Å²) in [6, 6.07) is 12.3. The lowest BCUT2D eigenvalue weighted by atomic mass is 10.0. The number of Topliss-reactive ketones (excluding diaryl/α,β-unsaturated/α-hetero) is 1. The van der Waals surface area contributed by atoms with Crippen LogP contribution in [0.4, 0.5) is 0 Å². The highest BCUT2D eigenvalue weighted by Crippen LogP contribution is 2.22. The summed E-state index contributed by atoms with van der Waals surface area (Å²) < 4.78 is 2.09. The largest absolute Gasteiger partial charge is 0.339 e. The molecule has 0 saturated heterocycles. The Bertz CT molecular complexity index is 1040. The number of nitrogens with zero attached hydrogens (tertiary/aromatic N) is 1. The van der Waals surface area contributed by atoms with Crippen molar-refractivity contribution in [1.82, 2.24) is 4.57 Å². The highest BCUT2D eigenvalue weighted by molar-refractivity contribution is 5.98. The van der Waals surface area contributed by atoms with Crippen LogP contribution < -0.4 is 5.43 Å². The maximum atomic E-state index is 12.9. The van der Waals surface area contributed by atoms with Gasteiger partial charge in [-0.3, -0.25) is 9.59 Å².